The summed E-state index contributed by atoms with van der Waals surface area (Å²) in [5.41, 5.74) is 5.55. The Morgan fingerprint density at radius 2 is 2.00 bits per heavy atom. The molecule has 1 aliphatic rings. The van der Waals surface area contributed by atoms with Gasteiger partial charge in [0.1, 0.15) is 4.90 Å². The van der Waals surface area contributed by atoms with Gasteiger partial charge < -0.3 is 5.73 Å². The van der Waals surface area contributed by atoms with Crippen molar-refractivity contribution in [3.63, 3.8) is 0 Å². The third kappa shape index (κ3) is 3.27. The number of alkyl halides is 3. The van der Waals surface area contributed by atoms with Gasteiger partial charge in [-0.3, -0.25) is 0 Å². The fourth-order valence-corrected chi connectivity index (χ4v) is 4.51. The van der Waals surface area contributed by atoms with Crippen molar-refractivity contribution in [1.29, 1.82) is 0 Å². The highest BCUT2D eigenvalue weighted by atomic mass is 35.5. The van der Waals surface area contributed by atoms with Gasteiger partial charge in [-0.1, -0.05) is 17.7 Å². The van der Waals surface area contributed by atoms with Gasteiger partial charge in [0.15, 0.2) is 0 Å². The van der Waals surface area contributed by atoms with Crippen LogP contribution in [0.15, 0.2) is 23.1 Å². The lowest BCUT2D eigenvalue weighted by molar-refractivity contribution is -0.182. The molecule has 1 saturated heterocycles. The van der Waals surface area contributed by atoms with Crippen LogP contribution in [0.1, 0.15) is 12.8 Å². The molecular formula is C12H14ClF3N2O2S. The molecular weight excluding hydrogens is 329 g/mol. The predicted molar refractivity (Wildman–Crippen MR) is 73.4 cm³/mol. The van der Waals surface area contributed by atoms with Gasteiger partial charge in [-0.25, -0.2) is 8.42 Å². The minimum atomic E-state index is -4.42. The van der Waals surface area contributed by atoms with E-state index in [0.717, 1.165) is 4.31 Å². The van der Waals surface area contributed by atoms with Crippen LogP contribution < -0.4 is 5.73 Å². The molecule has 1 aromatic carbocycles. The summed E-state index contributed by atoms with van der Waals surface area (Å²) in [6.07, 6.45) is -4.35. The van der Waals surface area contributed by atoms with Crippen LogP contribution in [0.25, 0.3) is 0 Å². The van der Waals surface area contributed by atoms with E-state index in [1.54, 1.807) is 0 Å². The van der Waals surface area contributed by atoms with Gasteiger partial charge in [-0.15, -0.1) is 0 Å². The number of benzene rings is 1. The van der Waals surface area contributed by atoms with Crippen molar-refractivity contribution in [2.24, 2.45) is 5.92 Å². The number of nitrogen functional groups attached to an aromatic ring is 1. The fourth-order valence-electron chi connectivity index (χ4n) is 2.35. The maximum Gasteiger partial charge on any atom is 0.393 e. The van der Waals surface area contributed by atoms with E-state index in [9.17, 15) is 21.6 Å². The lowest BCUT2D eigenvalue weighted by Crippen LogP contribution is -2.44. The van der Waals surface area contributed by atoms with Crippen molar-refractivity contribution in [2.75, 3.05) is 18.8 Å². The summed E-state index contributed by atoms with van der Waals surface area (Å²) < 4.78 is 64.2. The summed E-state index contributed by atoms with van der Waals surface area (Å²) in [7, 11) is -4.14. The number of nitrogens with zero attached hydrogens (tertiary/aromatic N) is 1. The summed E-state index contributed by atoms with van der Waals surface area (Å²) in [6.45, 7) is -0.573. The molecule has 1 heterocycles. The van der Waals surface area contributed by atoms with Crippen molar-refractivity contribution in [3.8, 4) is 0 Å². The molecule has 0 radical (unpaired) electrons. The molecule has 1 unspecified atom stereocenters. The lowest BCUT2D eigenvalue weighted by Gasteiger charge is -2.33. The summed E-state index contributed by atoms with van der Waals surface area (Å²) in [5.74, 6) is -1.66. The molecule has 0 spiro atoms. The van der Waals surface area contributed by atoms with E-state index in [1.165, 1.54) is 18.2 Å². The van der Waals surface area contributed by atoms with Crippen LogP contribution in [0.4, 0.5) is 18.9 Å². The zero-order chi connectivity index (χ0) is 15.8. The van der Waals surface area contributed by atoms with Crippen LogP contribution in [0.5, 0.6) is 0 Å². The van der Waals surface area contributed by atoms with Crippen LogP contribution in [0, 0.1) is 5.92 Å². The molecule has 0 aliphatic carbocycles. The first-order valence-corrected chi connectivity index (χ1v) is 8.06. The number of rotatable bonds is 2. The largest absolute Gasteiger partial charge is 0.398 e. The van der Waals surface area contributed by atoms with E-state index < -0.39 is 28.7 Å². The summed E-state index contributed by atoms with van der Waals surface area (Å²) in [4.78, 5) is -0.325. The summed E-state index contributed by atoms with van der Waals surface area (Å²) in [6, 6.07) is 4.17. The van der Waals surface area contributed by atoms with Gasteiger partial charge in [0.2, 0.25) is 10.0 Å². The fraction of sp³-hybridized carbons (Fsp3) is 0.500. The Labute approximate surface area is 125 Å². The standard InChI is InChI=1S/C12H14ClF3N2O2S/c13-9-4-1-5-10(17)11(9)21(19,20)18-6-2-3-8(7-18)12(14,15)16/h1,4-5,8H,2-3,6-7,17H2. The first-order chi connectivity index (χ1) is 9.64. The topological polar surface area (TPSA) is 63.4 Å². The Bertz CT molecular complexity index is 614. The molecule has 0 amide bonds. The first kappa shape index (κ1) is 16.4. The zero-order valence-corrected chi connectivity index (χ0v) is 12.5. The van der Waals surface area contributed by atoms with E-state index in [1.807, 2.05) is 0 Å². The molecule has 21 heavy (non-hydrogen) atoms. The van der Waals surface area contributed by atoms with E-state index in [-0.39, 0.29) is 35.0 Å². The van der Waals surface area contributed by atoms with Gasteiger partial charge >= 0.3 is 6.18 Å². The lowest BCUT2D eigenvalue weighted by atomic mass is 9.99. The van der Waals surface area contributed by atoms with Gasteiger partial charge in [0, 0.05) is 13.1 Å². The molecule has 4 nitrogen and oxygen atoms in total. The number of piperidine rings is 1. The van der Waals surface area contributed by atoms with Crippen LogP contribution in [0.3, 0.4) is 0 Å². The van der Waals surface area contributed by atoms with Crippen molar-refractivity contribution >= 4 is 27.3 Å². The van der Waals surface area contributed by atoms with Gasteiger partial charge in [-0.2, -0.15) is 17.5 Å². The number of anilines is 1. The van der Waals surface area contributed by atoms with Crippen LogP contribution in [-0.2, 0) is 10.0 Å². The minimum Gasteiger partial charge on any atom is -0.398 e. The molecule has 1 aliphatic heterocycles. The second-order valence-corrected chi connectivity index (χ2v) is 7.18. The molecule has 1 fully saturated rings. The Morgan fingerprint density at radius 1 is 1.33 bits per heavy atom. The number of nitrogens with two attached hydrogens (primary N) is 1. The van der Waals surface area contributed by atoms with Crippen LogP contribution >= 0.6 is 11.6 Å². The smallest absolute Gasteiger partial charge is 0.393 e. The summed E-state index contributed by atoms with van der Waals surface area (Å²) >= 11 is 5.85. The molecule has 1 atom stereocenters. The Hall–Kier alpha value is -0.990. The second-order valence-electron chi connectivity index (χ2n) is 4.90. The van der Waals surface area contributed by atoms with Crippen molar-refractivity contribution in [2.45, 2.75) is 23.9 Å². The SMILES string of the molecule is Nc1cccc(Cl)c1S(=O)(=O)N1CCCC(C(F)(F)F)C1. The number of hydrogen-bond donors (Lipinski definition) is 1. The van der Waals surface area contributed by atoms with Crippen LogP contribution in [0.2, 0.25) is 5.02 Å². The minimum absolute atomic E-state index is 0.0274. The van der Waals surface area contributed by atoms with E-state index in [4.69, 9.17) is 17.3 Å². The average Bonchev–Trinajstić information content (AvgIpc) is 2.37. The van der Waals surface area contributed by atoms with Crippen molar-refractivity contribution < 1.29 is 21.6 Å². The second kappa shape index (κ2) is 5.66. The molecule has 2 N–H and O–H groups in total. The predicted octanol–water partition coefficient (Wildman–Crippen LogP) is 2.89. The zero-order valence-electron chi connectivity index (χ0n) is 10.9. The molecule has 0 saturated carbocycles. The van der Waals surface area contributed by atoms with E-state index in [2.05, 4.69) is 0 Å². The highest BCUT2D eigenvalue weighted by molar-refractivity contribution is 7.89. The quantitative estimate of drug-likeness (QED) is 0.840. The Kier molecular flexibility index (Phi) is 4.41. The van der Waals surface area contributed by atoms with Gasteiger partial charge in [0.05, 0.1) is 16.6 Å². The maximum absolute atomic E-state index is 12.8. The Balaban J connectivity index is 2.36. The maximum atomic E-state index is 12.8. The van der Waals surface area contributed by atoms with Gasteiger partial charge in [-0.05, 0) is 25.0 Å². The number of halogens is 4. The van der Waals surface area contributed by atoms with E-state index >= 15 is 0 Å². The molecule has 0 bridgehead atoms. The molecule has 0 aromatic heterocycles. The third-order valence-electron chi connectivity index (χ3n) is 3.44. The Morgan fingerprint density at radius 3 is 2.57 bits per heavy atom. The molecule has 118 valence electrons. The van der Waals surface area contributed by atoms with E-state index in [0.29, 0.717) is 0 Å². The average molecular weight is 343 g/mol. The molecule has 2 rings (SSSR count). The normalized spacial score (nSPS) is 21.4. The summed E-state index contributed by atoms with van der Waals surface area (Å²) in [5, 5.41) is -0.0934. The highest BCUT2D eigenvalue weighted by Crippen LogP contribution is 2.37. The number of sulfonamides is 1. The first-order valence-electron chi connectivity index (χ1n) is 6.25. The van der Waals surface area contributed by atoms with Crippen molar-refractivity contribution in [3.05, 3.63) is 23.2 Å². The monoisotopic (exact) mass is 342 g/mol. The third-order valence-corrected chi connectivity index (χ3v) is 5.85. The molecule has 9 heteroatoms. The highest BCUT2D eigenvalue weighted by Gasteiger charge is 2.44. The van der Waals surface area contributed by atoms with Crippen LogP contribution in [-0.4, -0.2) is 32.0 Å². The number of hydrogen-bond acceptors (Lipinski definition) is 3. The molecule has 1 aromatic rings. The van der Waals surface area contributed by atoms with Gasteiger partial charge in [0.25, 0.3) is 0 Å². The van der Waals surface area contributed by atoms with Crippen molar-refractivity contribution in [1.82, 2.24) is 4.31 Å².